The zero-order chi connectivity index (χ0) is 13.7. The minimum atomic E-state index is -0.691. The van der Waals surface area contributed by atoms with Gasteiger partial charge >= 0.3 is 0 Å². The van der Waals surface area contributed by atoms with Crippen LogP contribution in [0.2, 0.25) is 0 Å². The molecule has 19 heavy (non-hydrogen) atoms. The SMILES string of the molecule is CC(Cc1cccs1)C(=O)NCC1(O)CCSCC1. The first-order chi connectivity index (χ1) is 9.09. The third-order valence-electron chi connectivity index (χ3n) is 3.55. The third kappa shape index (κ3) is 4.51. The maximum absolute atomic E-state index is 12.0. The van der Waals surface area contributed by atoms with Gasteiger partial charge in [-0.1, -0.05) is 13.0 Å². The number of rotatable bonds is 5. The zero-order valence-corrected chi connectivity index (χ0v) is 12.9. The molecule has 1 aromatic heterocycles. The van der Waals surface area contributed by atoms with Crippen LogP contribution in [0.4, 0.5) is 0 Å². The van der Waals surface area contributed by atoms with Crippen molar-refractivity contribution in [2.24, 2.45) is 5.92 Å². The molecule has 5 heteroatoms. The highest BCUT2D eigenvalue weighted by Gasteiger charge is 2.30. The van der Waals surface area contributed by atoms with Gasteiger partial charge in [-0.3, -0.25) is 4.79 Å². The summed E-state index contributed by atoms with van der Waals surface area (Å²) < 4.78 is 0. The molecule has 1 unspecified atom stereocenters. The molecular weight excluding hydrogens is 278 g/mol. The molecule has 1 aliphatic heterocycles. The molecule has 2 heterocycles. The van der Waals surface area contributed by atoms with Crippen LogP contribution < -0.4 is 5.32 Å². The Morgan fingerprint density at radius 3 is 2.89 bits per heavy atom. The zero-order valence-electron chi connectivity index (χ0n) is 11.2. The highest BCUT2D eigenvalue weighted by atomic mass is 32.2. The Morgan fingerprint density at radius 1 is 1.53 bits per heavy atom. The second-order valence-electron chi connectivity index (χ2n) is 5.24. The fourth-order valence-corrected chi connectivity index (χ4v) is 4.27. The molecular formula is C14H21NO2S2. The minimum absolute atomic E-state index is 0.0415. The molecule has 2 N–H and O–H groups in total. The van der Waals surface area contributed by atoms with E-state index in [-0.39, 0.29) is 11.8 Å². The second kappa shape index (κ2) is 6.77. The molecule has 3 nitrogen and oxygen atoms in total. The van der Waals surface area contributed by atoms with Gasteiger partial charge in [0.25, 0.3) is 0 Å². The van der Waals surface area contributed by atoms with E-state index in [1.165, 1.54) is 4.88 Å². The van der Waals surface area contributed by atoms with Crippen LogP contribution in [0.25, 0.3) is 0 Å². The van der Waals surface area contributed by atoms with E-state index in [1.807, 2.05) is 30.1 Å². The molecule has 0 aromatic carbocycles. The van der Waals surface area contributed by atoms with Crippen LogP contribution in [0.1, 0.15) is 24.6 Å². The van der Waals surface area contributed by atoms with Gasteiger partial charge < -0.3 is 10.4 Å². The number of thioether (sulfide) groups is 1. The van der Waals surface area contributed by atoms with Crippen LogP contribution in [0.5, 0.6) is 0 Å². The smallest absolute Gasteiger partial charge is 0.223 e. The number of carbonyl (C=O) groups is 1. The maximum Gasteiger partial charge on any atom is 0.223 e. The number of hydrogen-bond donors (Lipinski definition) is 2. The van der Waals surface area contributed by atoms with E-state index < -0.39 is 5.60 Å². The molecule has 1 aromatic rings. The van der Waals surface area contributed by atoms with Gasteiger partial charge in [-0.15, -0.1) is 11.3 Å². The van der Waals surface area contributed by atoms with E-state index in [1.54, 1.807) is 11.3 Å². The molecule has 0 radical (unpaired) electrons. The fraction of sp³-hybridized carbons (Fsp3) is 0.643. The summed E-state index contributed by atoms with van der Waals surface area (Å²) in [6.45, 7) is 2.33. The van der Waals surface area contributed by atoms with Crippen molar-refractivity contribution < 1.29 is 9.90 Å². The Labute approximate surface area is 122 Å². The number of carbonyl (C=O) groups excluding carboxylic acids is 1. The molecule has 0 saturated carbocycles. The Balaban J connectivity index is 1.77. The molecule has 0 spiro atoms. The van der Waals surface area contributed by atoms with Gasteiger partial charge in [-0.05, 0) is 42.2 Å². The van der Waals surface area contributed by atoms with Crippen LogP contribution in [-0.2, 0) is 11.2 Å². The summed E-state index contributed by atoms with van der Waals surface area (Å²) >= 11 is 3.55. The van der Waals surface area contributed by atoms with E-state index in [4.69, 9.17) is 0 Å². The van der Waals surface area contributed by atoms with Gasteiger partial charge in [-0.2, -0.15) is 11.8 Å². The van der Waals surface area contributed by atoms with Gasteiger partial charge in [-0.25, -0.2) is 0 Å². The van der Waals surface area contributed by atoms with Crippen molar-refractivity contribution in [2.75, 3.05) is 18.1 Å². The van der Waals surface area contributed by atoms with E-state index in [0.717, 1.165) is 30.8 Å². The normalized spacial score (nSPS) is 19.9. The van der Waals surface area contributed by atoms with Gasteiger partial charge in [0, 0.05) is 17.3 Å². The first-order valence-electron chi connectivity index (χ1n) is 6.69. The van der Waals surface area contributed by atoms with Crippen LogP contribution in [-0.4, -0.2) is 34.7 Å². The van der Waals surface area contributed by atoms with Gasteiger partial charge in [0.05, 0.1) is 5.60 Å². The number of nitrogens with one attached hydrogen (secondary N) is 1. The molecule has 106 valence electrons. The molecule has 0 aliphatic carbocycles. The summed E-state index contributed by atoms with van der Waals surface area (Å²) in [6, 6.07) is 4.06. The standard InChI is InChI=1S/C14H21NO2S2/c1-11(9-12-3-2-6-19-12)13(16)15-10-14(17)4-7-18-8-5-14/h2-3,6,11,17H,4-5,7-10H2,1H3,(H,15,16). The Bertz CT molecular complexity index is 400. The maximum atomic E-state index is 12.0. The highest BCUT2D eigenvalue weighted by Crippen LogP contribution is 2.26. The van der Waals surface area contributed by atoms with Crippen molar-refractivity contribution in [3.05, 3.63) is 22.4 Å². The predicted molar refractivity (Wildman–Crippen MR) is 81.7 cm³/mol. The first kappa shape index (κ1) is 14.9. The van der Waals surface area contributed by atoms with Gasteiger partial charge in [0.15, 0.2) is 0 Å². The molecule has 0 bridgehead atoms. The molecule has 1 amide bonds. The van der Waals surface area contributed by atoms with Crippen LogP contribution in [0.15, 0.2) is 17.5 Å². The van der Waals surface area contributed by atoms with E-state index in [9.17, 15) is 9.90 Å². The number of aliphatic hydroxyl groups is 1. The average molecular weight is 299 g/mol. The minimum Gasteiger partial charge on any atom is -0.388 e. The summed E-state index contributed by atoms with van der Waals surface area (Å²) in [5.41, 5.74) is -0.691. The third-order valence-corrected chi connectivity index (χ3v) is 5.43. The van der Waals surface area contributed by atoms with Crippen molar-refractivity contribution in [3.63, 3.8) is 0 Å². The molecule has 1 aliphatic rings. The topological polar surface area (TPSA) is 49.3 Å². The summed E-state index contributed by atoms with van der Waals surface area (Å²) in [7, 11) is 0. The van der Waals surface area contributed by atoms with Gasteiger partial charge in [0.2, 0.25) is 5.91 Å². The van der Waals surface area contributed by atoms with E-state index in [0.29, 0.717) is 6.54 Å². The van der Waals surface area contributed by atoms with Crippen molar-refractivity contribution >= 4 is 29.0 Å². The number of amides is 1. The lowest BCUT2D eigenvalue weighted by atomic mass is 9.96. The quantitative estimate of drug-likeness (QED) is 0.877. The fourth-order valence-electron chi connectivity index (χ4n) is 2.18. The number of thiophene rings is 1. The Kier molecular flexibility index (Phi) is 5.30. The summed E-state index contributed by atoms with van der Waals surface area (Å²) in [5, 5.41) is 15.3. The van der Waals surface area contributed by atoms with E-state index in [2.05, 4.69) is 11.4 Å². The summed E-state index contributed by atoms with van der Waals surface area (Å²) in [5.74, 6) is 1.97. The summed E-state index contributed by atoms with van der Waals surface area (Å²) in [6.07, 6.45) is 2.33. The monoisotopic (exact) mass is 299 g/mol. The molecule has 2 rings (SSSR count). The molecule has 1 fully saturated rings. The van der Waals surface area contributed by atoms with E-state index >= 15 is 0 Å². The average Bonchev–Trinajstić information content (AvgIpc) is 2.90. The Hall–Kier alpha value is -0.520. The lowest BCUT2D eigenvalue weighted by molar-refractivity contribution is -0.125. The van der Waals surface area contributed by atoms with Crippen molar-refractivity contribution in [1.82, 2.24) is 5.32 Å². The Morgan fingerprint density at radius 2 is 2.26 bits per heavy atom. The van der Waals surface area contributed by atoms with Crippen molar-refractivity contribution in [1.29, 1.82) is 0 Å². The second-order valence-corrected chi connectivity index (χ2v) is 7.50. The summed E-state index contributed by atoms with van der Waals surface area (Å²) in [4.78, 5) is 13.3. The lowest BCUT2D eigenvalue weighted by Gasteiger charge is -2.32. The van der Waals surface area contributed by atoms with Crippen LogP contribution >= 0.6 is 23.1 Å². The molecule has 1 atom stereocenters. The molecule has 1 saturated heterocycles. The highest BCUT2D eigenvalue weighted by molar-refractivity contribution is 7.99. The number of hydrogen-bond acceptors (Lipinski definition) is 4. The largest absolute Gasteiger partial charge is 0.388 e. The van der Waals surface area contributed by atoms with Crippen molar-refractivity contribution in [3.8, 4) is 0 Å². The van der Waals surface area contributed by atoms with Crippen molar-refractivity contribution in [2.45, 2.75) is 31.8 Å². The first-order valence-corrected chi connectivity index (χ1v) is 8.73. The van der Waals surface area contributed by atoms with Crippen LogP contribution in [0, 0.1) is 5.92 Å². The van der Waals surface area contributed by atoms with Gasteiger partial charge in [0.1, 0.15) is 0 Å². The lowest BCUT2D eigenvalue weighted by Crippen LogP contribution is -2.46. The predicted octanol–water partition coefficient (Wildman–Crippen LogP) is 2.30. The van der Waals surface area contributed by atoms with Crippen LogP contribution in [0.3, 0.4) is 0 Å².